The summed E-state index contributed by atoms with van der Waals surface area (Å²) < 4.78 is 5.14. The molecule has 0 saturated heterocycles. The Morgan fingerprint density at radius 2 is 1.78 bits per heavy atom. The number of hydrogen-bond donors (Lipinski definition) is 1. The Morgan fingerprint density at radius 1 is 1.04 bits per heavy atom. The molecule has 1 N–H and O–H groups in total. The van der Waals surface area contributed by atoms with Gasteiger partial charge < -0.3 is 10.1 Å². The van der Waals surface area contributed by atoms with Crippen molar-refractivity contribution >= 4 is 28.3 Å². The van der Waals surface area contributed by atoms with Gasteiger partial charge >= 0.3 is 0 Å². The molecule has 4 rings (SSSR count). The molecule has 0 aliphatic carbocycles. The van der Waals surface area contributed by atoms with E-state index in [4.69, 9.17) is 4.74 Å². The first-order chi connectivity index (χ1) is 13.2. The van der Waals surface area contributed by atoms with E-state index in [1.54, 1.807) is 12.0 Å². The van der Waals surface area contributed by atoms with Crippen LogP contribution in [0.5, 0.6) is 5.75 Å². The average Bonchev–Trinajstić information content (AvgIpc) is 2.97. The maximum atomic E-state index is 12.7. The van der Waals surface area contributed by atoms with Crippen LogP contribution in [0, 0.1) is 0 Å². The molecule has 0 atom stereocenters. The maximum Gasteiger partial charge on any atom is 0.259 e. The summed E-state index contributed by atoms with van der Waals surface area (Å²) in [5.74, 6) is 0.526. The van der Waals surface area contributed by atoms with Gasteiger partial charge in [0, 0.05) is 17.5 Å². The van der Waals surface area contributed by atoms with Crippen molar-refractivity contribution in [2.75, 3.05) is 25.1 Å². The molecule has 5 nitrogen and oxygen atoms in total. The molecule has 0 aromatic heterocycles. The molecule has 0 saturated carbocycles. The van der Waals surface area contributed by atoms with E-state index < -0.39 is 0 Å². The molecule has 3 aromatic rings. The Hall–Kier alpha value is -3.34. The molecular weight excluding hydrogens is 340 g/mol. The largest absolute Gasteiger partial charge is 0.497 e. The van der Waals surface area contributed by atoms with Gasteiger partial charge in [-0.2, -0.15) is 0 Å². The lowest BCUT2D eigenvalue weighted by Gasteiger charge is -2.17. The van der Waals surface area contributed by atoms with Crippen LogP contribution in [0.2, 0.25) is 0 Å². The van der Waals surface area contributed by atoms with E-state index in [9.17, 15) is 9.59 Å². The van der Waals surface area contributed by atoms with Crippen molar-refractivity contribution in [1.82, 2.24) is 5.32 Å². The highest BCUT2D eigenvalue weighted by molar-refractivity contribution is 6.26. The zero-order valence-corrected chi connectivity index (χ0v) is 15.1. The summed E-state index contributed by atoms with van der Waals surface area (Å²) in [5.41, 5.74) is 2.58. The normalized spacial score (nSPS) is 12.5. The van der Waals surface area contributed by atoms with Crippen LogP contribution in [0.4, 0.5) is 5.69 Å². The topological polar surface area (TPSA) is 58.6 Å². The molecule has 27 heavy (non-hydrogen) atoms. The number of methoxy groups -OCH3 is 1. The van der Waals surface area contributed by atoms with Crippen LogP contribution >= 0.6 is 0 Å². The number of anilines is 1. The Kier molecular flexibility index (Phi) is 4.50. The molecular formula is C22H20N2O3. The monoisotopic (exact) mass is 360 g/mol. The fourth-order valence-electron chi connectivity index (χ4n) is 3.47. The van der Waals surface area contributed by atoms with E-state index in [2.05, 4.69) is 5.32 Å². The standard InChI is InChI=1S/C22H20N2O3/c1-27-17-10-8-15(9-11-17)12-13-23-20(25)14-24-19-7-3-5-16-4-2-6-18(21(16)19)22(24)26/h2-11H,12-14H2,1H3,(H,23,25). The Labute approximate surface area is 157 Å². The summed E-state index contributed by atoms with van der Waals surface area (Å²) in [4.78, 5) is 26.6. The first-order valence-corrected chi connectivity index (χ1v) is 8.90. The van der Waals surface area contributed by atoms with Crippen LogP contribution in [0.25, 0.3) is 10.8 Å². The van der Waals surface area contributed by atoms with Gasteiger partial charge in [0.05, 0.1) is 12.8 Å². The Bertz CT molecular complexity index is 1010. The van der Waals surface area contributed by atoms with Gasteiger partial charge in [0.1, 0.15) is 12.3 Å². The van der Waals surface area contributed by atoms with Crippen molar-refractivity contribution in [3.05, 3.63) is 71.8 Å². The minimum atomic E-state index is -0.165. The highest BCUT2D eigenvalue weighted by atomic mass is 16.5. The smallest absolute Gasteiger partial charge is 0.259 e. The lowest BCUT2D eigenvalue weighted by atomic mass is 10.1. The van der Waals surface area contributed by atoms with Gasteiger partial charge in [0.2, 0.25) is 5.91 Å². The molecule has 0 fully saturated rings. The maximum absolute atomic E-state index is 12.7. The first-order valence-electron chi connectivity index (χ1n) is 8.90. The molecule has 1 aliphatic rings. The average molecular weight is 360 g/mol. The fourth-order valence-corrected chi connectivity index (χ4v) is 3.47. The van der Waals surface area contributed by atoms with E-state index >= 15 is 0 Å². The number of benzene rings is 3. The molecule has 1 heterocycles. The second-order valence-corrected chi connectivity index (χ2v) is 6.52. The number of nitrogens with zero attached hydrogens (tertiary/aromatic N) is 1. The van der Waals surface area contributed by atoms with Crippen LogP contribution in [0.15, 0.2) is 60.7 Å². The number of carbonyl (C=O) groups is 2. The minimum Gasteiger partial charge on any atom is -0.497 e. The van der Waals surface area contributed by atoms with Crippen molar-refractivity contribution in [2.45, 2.75) is 6.42 Å². The third-order valence-corrected chi connectivity index (χ3v) is 4.85. The third kappa shape index (κ3) is 3.24. The van der Waals surface area contributed by atoms with Crippen LogP contribution in [0.3, 0.4) is 0 Å². The minimum absolute atomic E-state index is 0.0231. The molecule has 2 amide bonds. The summed E-state index contributed by atoms with van der Waals surface area (Å²) in [6, 6.07) is 19.2. The number of rotatable bonds is 6. The number of carbonyl (C=O) groups excluding carboxylic acids is 2. The van der Waals surface area contributed by atoms with Gasteiger partial charge in [0.15, 0.2) is 0 Å². The van der Waals surface area contributed by atoms with E-state index in [1.165, 1.54) is 0 Å². The zero-order valence-electron chi connectivity index (χ0n) is 15.1. The van der Waals surface area contributed by atoms with E-state index in [-0.39, 0.29) is 18.4 Å². The van der Waals surface area contributed by atoms with Gasteiger partial charge in [-0.05, 0) is 41.6 Å². The molecule has 5 heteroatoms. The summed E-state index contributed by atoms with van der Waals surface area (Å²) in [6.07, 6.45) is 0.722. The molecule has 0 radical (unpaired) electrons. The number of hydrogen-bond acceptors (Lipinski definition) is 3. The number of nitrogens with one attached hydrogen (secondary N) is 1. The predicted molar refractivity (Wildman–Crippen MR) is 105 cm³/mol. The summed E-state index contributed by atoms with van der Waals surface area (Å²) in [7, 11) is 1.63. The molecule has 0 bridgehead atoms. The highest BCUT2D eigenvalue weighted by Crippen LogP contribution is 2.36. The van der Waals surface area contributed by atoms with E-state index in [0.29, 0.717) is 12.1 Å². The van der Waals surface area contributed by atoms with Crippen molar-refractivity contribution in [3.8, 4) is 5.75 Å². The molecule has 3 aromatic carbocycles. The Balaban J connectivity index is 1.39. The molecule has 136 valence electrons. The van der Waals surface area contributed by atoms with Crippen molar-refractivity contribution < 1.29 is 14.3 Å². The second-order valence-electron chi connectivity index (χ2n) is 6.52. The van der Waals surface area contributed by atoms with Crippen molar-refractivity contribution in [3.63, 3.8) is 0 Å². The van der Waals surface area contributed by atoms with E-state index in [1.807, 2.05) is 60.7 Å². The van der Waals surface area contributed by atoms with Gasteiger partial charge in [-0.25, -0.2) is 0 Å². The van der Waals surface area contributed by atoms with Gasteiger partial charge in [-0.3, -0.25) is 14.5 Å². The SMILES string of the molecule is COc1ccc(CCNC(=O)CN2C(=O)c3cccc4cccc2c34)cc1. The van der Waals surface area contributed by atoms with E-state index in [0.717, 1.165) is 34.2 Å². The first kappa shape index (κ1) is 17.1. The lowest BCUT2D eigenvalue weighted by molar-refractivity contribution is -0.119. The van der Waals surface area contributed by atoms with Gasteiger partial charge in [-0.15, -0.1) is 0 Å². The van der Waals surface area contributed by atoms with Crippen molar-refractivity contribution in [2.24, 2.45) is 0 Å². The highest BCUT2D eigenvalue weighted by Gasteiger charge is 2.30. The van der Waals surface area contributed by atoms with Crippen molar-refractivity contribution in [1.29, 1.82) is 0 Å². The van der Waals surface area contributed by atoms with Gasteiger partial charge in [0.25, 0.3) is 5.91 Å². The summed E-state index contributed by atoms with van der Waals surface area (Å²) in [6.45, 7) is 0.541. The quantitative estimate of drug-likeness (QED) is 0.735. The van der Waals surface area contributed by atoms with Crippen LogP contribution in [-0.4, -0.2) is 32.0 Å². The second kappa shape index (κ2) is 7.11. The van der Waals surface area contributed by atoms with Crippen LogP contribution in [-0.2, 0) is 11.2 Å². The predicted octanol–water partition coefficient (Wildman–Crippen LogP) is 3.17. The lowest BCUT2D eigenvalue weighted by Crippen LogP contribution is -2.39. The fraction of sp³-hybridized carbons (Fsp3) is 0.182. The van der Waals surface area contributed by atoms with Gasteiger partial charge in [-0.1, -0.05) is 36.4 Å². The van der Waals surface area contributed by atoms with Crippen LogP contribution in [0.1, 0.15) is 15.9 Å². The molecule has 0 spiro atoms. The summed E-state index contributed by atoms with van der Waals surface area (Å²) >= 11 is 0. The number of amides is 2. The zero-order chi connectivity index (χ0) is 18.8. The number of ether oxygens (including phenoxy) is 1. The molecule has 1 aliphatic heterocycles. The summed E-state index contributed by atoms with van der Waals surface area (Å²) in [5, 5.41) is 4.84. The third-order valence-electron chi connectivity index (χ3n) is 4.85. The van der Waals surface area contributed by atoms with Crippen LogP contribution < -0.4 is 15.0 Å². The Morgan fingerprint density at radius 3 is 2.52 bits per heavy atom. The molecule has 0 unspecified atom stereocenters.